The number of hydrogen-bond donors (Lipinski definition) is 0. The SMILES string of the molecule is Cc1oc2ccc(-c3cc4c(-c5cc(C(C)(C)C)c6ccccc6c5)nccc4o3)cc2c1CC(C)C. The Bertz CT molecular complexity index is 1780. The van der Waals surface area contributed by atoms with Gasteiger partial charge >= 0.3 is 0 Å². The Kier molecular flexibility index (Phi) is 5.49. The van der Waals surface area contributed by atoms with Crippen molar-refractivity contribution < 1.29 is 8.83 Å². The fourth-order valence-electron chi connectivity index (χ4n) is 5.49. The van der Waals surface area contributed by atoms with Gasteiger partial charge in [-0.15, -0.1) is 0 Å². The molecule has 0 spiro atoms. The smallest absolute Gasteiger partial charge is 0.138 e. The lowest BCUT2D eigenvalue weighted by Crippen LogP contribution is -2.12. The van der Waals surface area contributed by atoms with Gasteiger partial charge in [0.25, 0.3) is 0 Å². The maximum atomic E-state index is 6.41. The number of nitrogens with zero attached hydrogens (tertiary/aromatic N) is 1. The minimum Gasteiger partial charge on any atom is -0.461 e. The highest BCUT2D eigenvalue weighted by Gasteiger charge is 2.21. The molecule has 0 aliphatic rings. The first kappa shape index (κ1) is 23.5. The zero-order chi connectivity index (χ0) is 25.9. The molecule has 37 heavy (non-hydrogen) atoms. The topological polar surface area (TPSA) is 39.2 Å². The molecule has 0 bridgehead atoms. The first-order valence-electron chi connectivity index (χ1n) is 13.1. The summed E-state index contributed by atoms with van der Waals surface area (Å²) in [5.74, 6) is 2.41. The van der Waals surface area contributed by atoms with Crippen LogP contribution in [0.15, 0.2) is 81.8 Å². The van der Waals surface area contributed by atoms with Gasteiger partial charge in [-0.2, -0.15) is 0 Å². The molecule has 0 aliphatic carbocycles. The molecule has 0 atom stereocenters. The van der Waals surface area contributed by atoms with Crippen molar-refractivity contribution in [2.24, 2.45) is 5.92 Å². The van der Waals surface area contributed by atoms with Crippen LogP contribution in [0.1, 0.15) is 51.5 Å². The lowest BCUT2D eigenvalue weighted by Gasteiger charge is -2.22. The highest BCUT2D eigenvalue weighted by Crippen LogP contribution is 2.39. The zero-order valence-electron chi connectivity index (χ0n) is 22.5. The minimum atomic E-state index is 0.0108. The Labute approximate surface area is 218 Å². The van der Waals surface area contributed by atoms with Gasteiger partial charge in [0.15, 0.2) is 0 Å². The van der Waals surface area contributed by atoms with Crippen LogP contribution < -0.4 is 0 Å². The summed E-state index contributed by atoms with van der Waals surface area (Å²) in [6.45, 7) is 13.4. The second-order valence-corrected chi connectivity index (χ2v) is 11.6. The molecule has 3 heterocycles. The number of hydrogen-bond acceptors (Lipinski definition) is 3. The summed E-state index contributed by atoms with van der Waals surface area (Å²) in [5.41, 5.74) is 7.51. The van der Waals surface area contributed by atoms with E-state index in [4.69, 9.17) is 13.8 Å². The van der Waals surface area contributed by atoms with Crippen LogP contribution in [-0.4, -0.2) is 4.98 Å². The average Bonchev–Trinajstić information content (AvgIpc) is 3.43. The molecule has 3 nitrogen and oxygen atoms in total. The van der Waals surface area contributed by atoms with Crippen molar-refractivity contribution in [3.8, 4) is 22.6 Å². The van der Waals surface area contributed by atoms with Crippen LogP contribution in [0.25, 0.3) is 55.3 Å². The van der Waals surface area contributed by atoms with Crippen LogP contribution >= 0.6 is 0 Å². The van der Waals surface area contributed by atoms with Crippen molar-refractivity contribution >= 4 is 32.7 Å². The number of pyridine rings is 1. The molecule has 0 amide bonds. The van der Waals surface area contributed by atoms with Gasteiger partial charge in [0.1, 0.15) is 22.7 Å². The van der Waals surface area contributed by atoms with Crippen molar-refractivity contribution in [2.45, 2.75) is 53.4 Å². The molecule has 6 aromatic rings. The molecule has 0 fully saturated rings. The van der Waals surface area contributed by atoms with E-state index >= 15 is 0 Å². The molecule has 0 unspecified atom stereocenters. The molecule has 0 radical (unpaired) electrons. The van der Waals surface area contributed by atoms with Crippen molar-refractivity contribution in [2.75, 3.05) is 0 Å². The van der Waals surface area contributed by atoms with Crippen LogP contribution in [0, 0.1) is 12.8 Å². The average molecular weight is 488 g/mol. The lowest BCUT2D eigenvalue weighted by molar-refractivity contribution is 0.560. The minimum absolute atomic E-state index is 0.0108. The summed E-state index contributed by atoms with van der Waals surface area (Å²) in [4.78, 5) is 4.84. The number of aryl methyl sites for hydroxylation is 1. The Morgan fingerprint density at radius 2 is 1.57 bits per heavy atom. The monoisotopic (exact) mass is 487 g/mol. The quantitative estimate of drug-likeness (QED) is 0.248. The number of rotatable bonds is 4. The molecule has 0 saturated carbocycles. The maximum absolute atomic E-state index is 6.41. The summed E-state index contributed by atoms with van der Waals surface area (Å²) in [6.07, 6.45) is 2.84. The van der Waals surface area contributed by atoms with Crippen LogP contribution in [-0.2, 0) is 11.8 Å². The van der Waals surface area contributed by atoms with E-state index in [1.165, 1.54) is 27.3 Å². The molecule has 3 aromatic heterocycles. The first-order chi connectivity index (χ1) is 17.7. The summed E-state index contributed by atoms with van der Waals surface area (Å²) >= 11 is 0. The van der Waals surface area contributed by atoms with Gasteiger partial charge in [-0.3, -0.25) is 4.98 Å². The first-order valence-corrected chi connectivity index (χ1v) is 13.1. The van der Waals surface area contributed by atoms with Crippen LogP contribution in [0.2, 0.25) is 0 Å². The van der Waals surface area contributed by atoms with Crippen LogP contribution in [0.5, 0.6) is 0 Å². The number of furan rings is 2. The van der Waals surface area contributed by atoms with E-state index in [-0.39, 0.29) is 5.41 Å². The fraction of sp³-hybridized carbons (Fsp3) is 0.265. The summed E-state index contributed by atoms with van der Waals surface area (Å²) < 4.78 is 12.5. The molecule has 0 aliphatic heterocycles. The predicted octanol–water partition coefficient (Wildman–Crippen LogP) is 9.87. The second-order valence-electron chi connectivity index (χ2n) is 11.6. The van der Waals surface area contributed by atoms with E-state index in [1.54, 1.807) is 0 Å². The van der Waals surface area contributed by atoms with Gasteiger partial charge in [-0.05, 0) is 83.5 Å². The molecule has 3 heteroatoms. The number of benzene rings is 3. The maximum Gasteiger partial charge on any atom is 0.138 e. The Balaban J connectivity index is 1.51. The van der Waals surface area contributed by atoms with E-state index in [9.17, 15) is 0 Å². The van der Waals surface area contributed by atoms with Crippen molar-refractivity contribution in [1.29, 1.82) is 0 Å². The van der Waals surface area contributed by atoms with Gasteiger partial charge in [0.2, 0.25) is 0 Å². The lowest BCUT2D eigenvalue weighted by atomic mass is 9.82. The van der Waals surface area contributed by atoms with Gasteiger partial charge in [-0.1, -0.05) is 58.9 Å². The third kappa shape index (κ3) is 4.13. The fourth-order valence-corrected chi connectivity index (χ4v) is 5.49. The molecule has 186 valence electrons. The molecule has 0 saturated heterocycles. The zero-order valence-corrected chi connectivity index (χ0v) is 22.5. The van der Waals surface area contributed by atoms with Crippen LogP contribution in [0.4, 0.5) is 0 Å². The van der Waals surface area contributed by atoms with Gasteiger partial charge in [-0.25, -0.2) is 0 Å². The second kappa shape index (κ2) is 8.62. The van der Waals surface area contributed by atoms with Gasteiger partial charge in [0.05, 0.1) is 5.69 Å². The third-order valence-electron chi connectivity index (χ3n) is 7.28. The van der Waals surface area contributed by atoms with Crippen molar-refractivity contribution in [3.63, 3.8) is 0 Å². The van der Waals surface area contributed by atoms with E-state index in [0.29, 0.717) is 5.92 Å². The van der Waals surface area contributed by atoms with Crippen molar-refractivity contribution in [3.05, 3.63) is 89.8 Å². The highest BCUT2D eigenvalue weighted by atomic mass is 16.3. The largest absolute Gasteiger partial charge is 0.461 e. The predicted molar refractivity (Wildman–Crippen MR) is 154 cm³/mol. The molecular weight excluding hydrogens is 454 g/mol. The molecule has 3 aromatic carbocycles. The summed E-state index contributed by atoms with van der Waals surface area (Å²) in [6, 6.07) is 23.6. The van der Waals surface area contributed by atoms with Gasteiger partial charge in [0, 0.05) is 33.7 Å². The van der Waals surface area contributed by atoms with E-state index < -0.39 is 0 Å². The van der Waals surface area contributed by atoms with Crippen LogP contribution in [0.3, 0.4) is 0 Å². The summed E-state index contributed by atoms with van der Waals surface area (Å²) in [7, 11) is 0. The summed E-state index contributed by atoms with van der Waals surface area (Å²) in [5, 5.41) is 4.72. The van der Waals surface area contributed by atoms with E-state index in [2.05, 4.69) is 102 Å². The molecular formula is C34H33NO2. The Morgan fingerprint density at radius 3 is 2.35 bits per heavy atom. The van der Waals surface area contributed by atoms with Gasteiger partial charge < -0.3 is 8.83 Å². The molecule has 6 rings (SSSR count). The Morgan fingerprint density at radius 1 is 0.784 bits per heavy atom. The number of aromatic nitrogens is 1. The van der Waals surface area contributed by atoms with E-state index in [1.807, 2.05) is 12.3 Å². The van der Waals surface area contributed by atoms with Crippen molar-refractivity contribution in [1.82, 2.24) is 4.98 Å². The Hall–Kier alpha value is -3.85. The normalized spacial score (nSPS) is 12.4. The number of fused-ring (bicyclic) bond motifs is 3. The molecule has 0 N–H and O–H groups in total. The third-order valence-corrected chi connectivity index (χ3v) is 7.28. The highest BCUT2D eigenvalue weighted by molar-refractivity contribution is 5.99. The standard InChI is InChI=1S/C34H33NO2/c1-20(2)15-26-21(3)36-30-12-11-23(17-27(26)30)32-19-28-31(37-32)13-14-35-33(28)24-16-22-9-7-8-10-25(22)29(18-24)34(4,5)6/h7-14,16-20H,15H2,1-6H3. The van der Waals surface area contributed by atoms with E-state index in [0.717, 1.165) is 51.3 Å².